The highest BCUT2D eigenvalue weighted by atomic mass is 28.4. The Kier molecular flexibility index (Phi) is 11.5. The number of hydrogen-bond donors (Lipinski definition) is 0. The molecule has 0 saturated carbocycles. The lowest BCUT2D eigenvalue weighted by molar-refractivity contribution is -0.138. The standard InChI is InChI=1S/C22H48O4Si4/c1-19(2)22(23)24-15-14-16-28(8,9)21(4)26-30(12,13)18-17-29(10,11)20(3)25-27(5,6)7/h17-18,20-21H,1,14-16H2,2-13H3/b18-17+. The zero-order chi connectivity index (χ0) is 24.0. The molecule has 4 nitrogen and oxygen atoms in total. The molecule has 0 bridgehead atoms. The van der Waals surface area contributed by atoms with E-state index in [0.717, 1.165) is 12.5 Å². The Morgan fingerprint density at radius 1 is 0.900 bits per heavy atom. The van der Waals surface area contributed by atoms with Crippen molar-refractivity contribution in [3.8, 4) is 0 Å². The average Bonchev–Trinajstić information content (AvgIpc) is 2.54. The maximum absolute atomic E-state index is 11.5. The zero-order valence-corrected chi connectivity index (χ0v) is 25.8. The lowest BCUT2D eigenvalue weighted by atomic mass is 10.4. The first-order valence-corrected chi connectivity index (χ1v) is 24.0. The molecule has 8 heteroatoms. The summed E-state index contributed by atoms with van der Waals surface area (Å²) in [5.41, 5.74) is 5.87. The SMILES string of the molecule is C=C(C)C(=O)OCCC[Si](C)(C)C(C)O[Si](C)(C)/C=C/[Si](C)(C)C(C)O[Si](C)(C)C. The maximum Gasteiger partial charge on any atom is 0.333 e. The predicted molar refractivity (Wildman–Crippen MR) is 141 cm³/mol. The molecule has 2 atom stereocenters. The molecule has 0 amide bonds. The van der Waals surface area contributed by atoms with Crippen LogP contribution in [0.5, 0.6) is 0 Å². The normalized spacial score (nSPS) is 15.9. The van der Waals surface area contributed by atoms with Gasteiger partial charge in [0, 0.05) is 17.0 Å². The van der Waals surface area contributed by atoms with E-state index in [9.17, 15) is 4.79 Å². The van der Waals surface area contributed by atoms with Crippen molar-refractivity contribution in [2.75, 3.05) is 6.61 Å². The summed E-state index contributed by atoms with van der Waals surface area (Å²) in [6.07, 6.45) is 0.884. The Hall–Kier alpha value is -0.262. The molecular weight excluding hydrogens is 441 g/mol. The third-order valence-corrected chi connectivity index (χ3v) is 16.6. The van der Waals surface area contributed by atoms with Crippen molar-refractivity contribution in [1.29, 1.82) is 0 Å². The highest BCUT2D eigenvalue weighted by Crippen LogP contribution is 2.25. The van der Waals surface area contributed by atoms with E-state index in [4.69, 9.17) is 13.6 Å². The largest absolute Gasteiger partial charge is 0.462 e. The van der Waals surface area contributed by atoms with E-state index < -0.39 is 32.8 Å². The van der Waals surface area contributed by atoms with E-state index in [2.05, 4.69) is 90.7 Å². The molecule has 0 aromatic carbocycles. The highest BCUT2D eigenvalue weighted by molar-refractivity contribution is 6.87. The van der Waals surface area contributed by atoms with Crippen molar-refractivity contribution in [1.82, 2.24) is 0 Å². The summed E-state index contributed by atoms with van der Waals surface area (Å²) in [6.45, 7) is 31.1. The predicted octanol–water partition coefficient (Wildman–Crippen LogP) is 6.48. The van der Waals surface area contributed by atoms with Crippen LogP contribution in [0.25, 0.3) is 0 Å². The van der Waals surface area contributed by atoms with Crippen LogP contribution in [0, 0.1) is 0 Å². The quantitative estimate of drug-likeness (QED) is 0.129. The summed E-state index contributed by atoms with van der Waals surface area (Å²) in [4.78, 5) is 11.5. The van der Waals surface area contributed by atoms with Crippen LogP contribution in [0.3, 0.4) is 0 Å². The van der Waals surface area contributed by atoms with Crippen molar-refractivity contribution >= 4 is 38.8 Å². The zero-order valence-electron chi connectivity index (χ0n) is 21.8. The second-order valence-corrected chi connectivity index (χ2v) is 29.7. The number of hydrogen-bond acceptors (Lipinski definition) is 4. The van der Waals surface area contributed by atoms with E-state index in [1.165, 1.54) is 0 Å². The second kappa shape index (κ2) is 11.6. The average molecular weight is 489 g/mol. The summed E-state index contributed by atoms with van der Waals surface area (Å²) in [5, 5.41) is 0. The Labute approximate surface area is 190 Å². The lowest BCUT2D eigenvalue weighted by Gasteiger charge is -2.36. The van der Waals surface area contributed by atoms with Crippen molar-refractivity contribution in [3.05, 3.63) is 23.6 Å². The molecule has 0 aliphatic carbocycles. The molecule has 0 aliphatic heterocycles. The lowest BCUT2D eigenvalue weighted by Crippen LogP contribution is -2.48. The molecule has 0 saturated heterocycles. The van der Waals surface area contributed by atoms with Gasteiger partial charge < -0.3 is 13.6 Å². The molecule has 176 valence electrons. The molecule has 0 aromatic rings. The van der Waals surface area contributed by atoms with Gasteiger partial charge in [-0.1, -0.05) is 50.2 Å². The fraction of sp³-hybridized carbons (Fsp3) is 0.773. The van der Waals surface area contributed by atoms with Crippen LogP contribution in [-0.4, -0.2) is 56.8 Å². The number of rotatable bonds is 13. The van der Waals surface area contributed by atoms with Crippen LogP contribution in [0.1, 0.15) is 27.2 Å². The summed E-state index contributed by atoms with van der Waals surface area (Å²) in [7, 11) is -6.67. The third-order valence-electron chi connectivity index (χ3n) is 5.62. The number of carbonyl (C=O) groups is 1. The Morgan fingerprint density at radius 3 is 1.90 bits per heavy atom. The molecule has 0 heterocycles. The van der Waals surface area contributed by atoms with Gasteiger partial charge in [-0.3, -0.25) is 0 Å². The first kappa shape index (κ1) is 29.7. The van der Waals surface area contributed by atoms with Crippen LogP contribution in [-0.2, 0) is 18.4 Å². The molecule has 0 aromatic heterocycles. The fourth-order valence-corrected chi connectivity index (χ4v) is 14.5. The van der Waals surface area contributed by atoms with Gasteiger partial charge in [0.2, 0.25) is 8.32 Å². The van der Waals surface area contributed by atoms with Crippen LogP contribution in [0.15, 0.2) is 23.6 Å². The monoisotopic (exact) mass is 488 g/mol. The van der Waals surface area contributed by atoms with Gasteiger partial charge in [0.1, 0.15) is 8.07 Å². The van der Waals surface area contributed by atoms with Crippen LogP contribution in [0.4, 0.5) is 0 Å². The fourth-order valence-electron chi connectivity index (χ4n) is 2.91. The number of ether oxygens (including phenoxy) is 1. The van der Waals surface area contributed by atoms with E-state index >= 15 is 0 Å². The summed E-state index contributed by atoms with van der Waals surface area (Å²) in [5.74, 6) is -0.295. The van der Waals surface area contributed by atoms with Gasteiger partial charge in [-0.05, 0) is 59.9 Å². The second-order valence-electron chi connectivity index (χ2n) is 11.4. The smallest absolute Gasteiger partial charge is 0.333 e. The highest BCUT2D eigenvalue weighted by Gasteiger charge is 2.35. The minimum absolute atomic E-state index is 0.265. The summed E-state index contributed by atoms with van der Waals surface area (Å²) >= 11 is 0. The van der Waals surface area contributed by atoms with Gasteiger partial charge >= 0.3 is 5.97 Å². The van der Waals surface area contributed by atoms with Crippen LogP contribution >= 0.6 is 0 Å². The molecule has 0 radical (unpaired) electrons. The Balaban J connectivity index is 4.85. The molecule has 30 heavy (non-hydrogen) atoms. The molecule has 0 rings (SSSR count). The van der Waals surface area contributed by atoms with Gasteiger partial charge in [0.15, 0.2) is 8.32 Å². The number of carbonyl (C=O) groups excluding carboxylic acids is 1. The van der Waals surface area contributed by atoms with Gasteiger partial charge in [0.05, 0.1) is 14.7 Å². The minimum atomic E-state index is -1.92. The Bertz CT molecular complexity index is 607. The van der Waals surface area contributed by atoms with Crippen molar-refractivity contribution in [2.45, 2.75) is 104 Å². The van der Waals surface area contributed by atoms with E-state index in [1.54, 1.807) is 6.92 Å². The summed E-state index contributed by atoms with van der Waals surface area (Å²) < 4.78 is 18.3. The van der Waals surface area contributed by atoms with E-state index in [1.807, 2.05) is 0 Å². The van der Waals surface area contributed by atoms with Gasteiger partial charge in [-0.15, -0.1) is 0 Å². The first-order valence-electron chi connectivity index (χ1n) is 11.2. The Morgan fingerprint density at radius 2 is 1.43 bits per heavy atom. The van der Waals surface area contributed by atoms with Crippen molar-refractivity contribution in [2.24, 2.45) is 0 Å². The molecule has 0 fully saturated rings. The van der Waals surface area contributed by atoms with Crippen molar-refractivity contribution in [3.63, 3.8) is 0 Å². The third kappa shape index (κ3) is 11.9. The maximum atomic E-state index is 11.5. The molecule has 2 unspecified atom stereocenters. The van der Waals surface area contributed by atoms with E-state index in [0.29, 0.717) is 17.9 Å². The van der Waals surface area contributed by atoms with Crippen LogP contribution < -0.4 is 0 Å². The van der Waals surface area contributed by atoms with Gasteiger partial charge in [0.25, 0.3) is 0 Å². The first-order chi connectivity index (χ1) is 13.3. The molecule has 0 aliphatic rings. The molecule has 0 spiro atoms. The summed E-state index contributed by atoms with van der Waals surface area (Å²) in [6, 6.07) is 1.08. The van der Waals surface area contributed by atoms with Gasteiger partial charge in [-0.2, -0.15) is 0 Å². The van der Waals surface area contributed by atoms with Gasteiger partial charge in [-0.25, -0.2) is 4.79 Å². The molecular formula is C22H48O4Si4. The van der Waals surface area contributed by atoms with Crippen molar-refractivity contribution < 1.29 is 18.4 Å². The topological polar surface area (TPSA) is 44.8 Å². The molecule has 0 N–H and O–H groups in total. The van der Waals surface area contributed by atoms with E-state index in [-0.39, 0.29) is 11.7 Å². The minimum Gasteiger partial charge on any atom is -0.462 e. The van der Waals surface area contributed by atoms with Crippen LogP contribution in [0.2, 0.25) is 65.0 Å². The number of esters is 1.